The van der Waals surface area contributed by atoms with Gasteiger partial charge in [0, 0.05) is 16.7 Å². The van der Waals surface area contributed by atoms with Gasteiger partial charge in [-0.15, -0.1) is 0 Å². The zero-order valence-corrected chi connectivity index (χ0v) is 15.9. The van der Waals surface area contributed by atoms with E-state index in [-0.39, 0.29) is 27.7 Å². The van der Waals surface area contributed by atoms with E-state index in [0.717, 1.165) is 0 Å². The molecule has 0 aliphatic carbocycles. The highest BCUT2D eigenvalue weighted by molar-refractivity contribution is 7.89. The number of benzene rings is 3. The fourth-order valence-corrected chi connectivity index (χ4v) is 3.40. The van der Waals surface area contributed by atoms with Crippen LogP contribution in [0, 0.1) is 0 Å². The maximum atomic E-state index is 12.8. The highest BCUT2D eigenvalue weighted by atomic mass is 35.5. The van der Waals surface area contributed by atoms with E-state index in [9.17, 15) is 13.2 Å². The Hall–Kier alpha value is -2.67. The molecule has 0 amide bonds. The van der Waals surface area contributed by atoms with Gasteiger partial charge in [0.15, 0.2) is 5.78 Å². The highest BCUT2D eigenvalue weighted by Crippen LogP contribution is 2.30. The summed E-state index contributed by atoms with van der Waals surface area (Å²) < 4.78 is 32.0. The van der Waals surface area contributed by atoms with Crippen LogP contribution < -0.4 is 9.46 Å². The zero-order chi connectivity index (χ0) is 19.4. The van der Waals surface area contributed by atoms with Crippen molar-refractivity contribution in [3.8, 4) is 11.5 Å². The fraction of sp³-hybridized carbons (Fsp3) is 0.0500. The molecule has 0 aromatic heterocycles. The first kappa shape index (κ1) is 19.1. The second-order valence-corrected chi connectivity index (χ2v) is 7.94. The minimum atomic E-state index is -3.61. The summed E-state index contributed by atoms with van der Waals surface area (Å²) in [6, 6.07) is 19.5. The van der Waals surface area contributed by atoms with Crippen molar-refractivity contribution >= 4 is 27.4 Å². The summed E-state index contributed by atoms with van der Waals surface area (Å²) in [4.78, 5) is 12.9. The third kappa shape index (κ3) is 4.36. The van der Waals surface area contributed by atoms with Crippen molar-refractivity contribution in [2.24, 2.45) is 0 Å². The minimum absolute atomic E-state index is 0.0624. The quantitative estimate of drug-likeness (QED) is 0.626. The summed E-state index contributed by atoms with van der Waals surface area (Å²) in [7, 11) is -2.28. The van der Waals surface area contributed by atoms with Crippen molar-refractivity contribution in [1.29, 1.82) is 0 Å². The Morgan fingerprint density at radius 1 is 0.963 bits per heavy atom. The third-order valence-electron chi connectivity index (χ3n) is 3.83. The number of rotatable bonds is 6. The van der Waals surface area contributed by atoms with Crippen LogP contribution in [0.25, 0.3) is 0 Å². The number of carbonyl (C=O) groups excluding carboxylic acids is 1. The number of hydrogen-bond donors (Lipinski definition) is 1. The predicted molar refractivity (Wildman–Crippen MR) is 104 cm³/mol. The predicted octanol–water partition coefficient (Wildman–Crippen LogP) is 4.27. The molecule has 3 rings (SSSR count). The van der Waals surface area contributed by atoms with Crippen molar-refractivity contribution in [2.45, 2.75) is 4.90 Å². The molecule has 138 valence electrons. The molecule has 7 heteroatoms. The van der Waals surface area contributed by atoms with Crippen LogP contribution in [-0.2, 0) is 10.0 Å². The van der Waals surface area contributed by atoms with Crippen LogP contribution in [0.5, 0.6) is 11.5 Å². The van der Waals surface area contributed by atoms with E-state index >= 15 is 0 Å². The second-order valence-electron chi connectivity index (χ2n) is 5.62. The minimum Gasteiger partial charge on any atom is -0.457 e. The van der Waals surface area contributed by atoms with Crippen LogP contribution in [0.15, 0.2) is 77.7 Å². The summed E-state index contributed by atoms with van der Waals surface area (Å²) in [5.41, 5.74) is 0.784. The lowest BCUT2D eigenvalue weighted by Crippen LogP contribution is -2.18. The number of ketones is 1. The van der Waals surface area contributed by atoms with Gasteiger partial charge in [-0.2, -0.15) is 0 Å². The molecule has 0 spiro atoms. The first-order valence-electron chi connectivity index (χ1n) is 8.01. The Kier molecular flexibility index (Phi) is 5.60. The molecule has 0 heterocycles. The van der Waals surface area contributed by atoms with Crippen LogP contribution in [0.1, 0.15) is 15.9 Å². The van der Waals surface area contributed by atoms with Crippen LogP contribution in [0.2, 0.25) is 5.02 Å². The van der Waals surface area contributed by atoms with Gasteiger partial charge in [-0.05, 0) is 37.4 Å². The number of ether oxygens (including phenoxy) is 1. The van der Waals surface area contributed by atoms with Gasteiger partial charge in [0.25, 0.3) is 0 Å². The fourth-order valence-electron chi connectivity index (χ4n) is 2.46. The standard InChI is InChI=1S/C20H16ClNO4S/c1-22-27(24,25)17-9-5-8-16(13-17)26-19-11-10-15(21)12-18(19)20(23)14-6-3-2-4-7-14/h2-13,22H,1H3. The number of halogens is 1. The smallest absolute Gasteiger partial charge is 0.240 e. The zero-order valence-electron chi connectivity index (χ0n) is 14.3. The molecule has 0 fully saturated rings. The highest BCUT2D eigenvalue weighted by Gasteiger charge is 2.17. The number of sulfonamides is 1. The maximum Gasteiger partial charge on any atom is 0.240 e. The topological polar surface area (TPSA) is 72.5 Å². The van der Waals surface area contributed by atoms with Crippen molar-refractivity contribution < 1.29 is 17.9 Å². The first-order chi connectivity index (χ1) is 12.9. The lowest BCUT2D eigenvalue weighted by Gasteiger charge is -2.12. The lowest BCUT2D eigenvalue weighted by atomic mass is 10.0. The van der Waals surface area contributed by atoms with Gasteiger partial charge in [-0.3, -0.25) is 4.79 Å². The first-order valence-corrected chi connectivity index (χ1v) is 9.87. The van der Waals surface area contributed by atoms with E-state index in [1.807, 2.05) is 6.07 Å². The largest absolute Gasteiger partial charge is 0.457 e. The Labute approximate surface area is 162 Å². The molecule has 0 unspecified atom stereocenters. The van der Waals surface area contributed by atoms with E-state index < -0.39 is 10.0 Å². The van der Waals surface area contributed by atoms with Crippen LogP contribution in [0.3, 0.4) is 0 Å². The maximum absolute atomic E-state index is 12.8. The van der Waals surface area contributed by atoms with Gasteiger partial charge in [-0.25, -0.2) is 13.1 Å². The van der Waals surface area contributed by atoms with Gasteiger partial charge < -0.3 is 4.74 Å². The number of nitrogens with one attached hydrogen (secondary N) is 1. The molecule has 0 atom stereocenters. The van der Waals surface area contributed by atoms with Crippen LogP contribution >= 0.6 is 11.6 Å². The Balaban J connectivity index is 1.99. The van der Waals surface area contributed by atoms with E-state index in [2.05, 4.69) is 4.72 Å². The van der Waals surface area contributed by atoms with Crippen molar-refractivity contribution in [2.75, 3.05) is 7.05 Å². The second kappa shape index (κ2) is 7.92. The molecule has 27 heavy (non-hydrogen) atoms. The van der Waals surface area contributed by atoms with Gasteiger partial charge >= 0.3 is 0 Å². The summed E-state index contributed by atoms with van der Waals surface area (Å²) in [5, 5.41) is 0.396. The van der Waals surface area contributed by atoms with E-state index in [1.54, 1.807) is 48.5 Å². The van der Waals surface area contributed by atoms with Crippen molar-refractivity contribution in [3.05, 3.63) is 88.9 Å². The molecule has 3 aromatic rings. The van der Waals surface area contributed by atoms with Crippen molar-refractivity contribution in [1.82, 2.24) is 4.72 Å². The molecule has 0 aliphatic heterocycles. The average molecular weight is 402 g/mol. The van der Waals surface area contributed by atoms with Crippen LogP contribution in [-0.4, -0.2) is 21.2 Å². The lowest BCUT2D eigenvalue weighted by molar-refractivity contribution is 0.103. The molecule has 0 bridgehead atoms. The molecule has 1 N–H and O–H groups in total. The van der Waals surface area contributed by atoms with Gasteiger partial charge in [0.05, 0.1) is 10.5 Å². The molecule has 0 aliphatic rings. The number of carbonyl (C=O) groups is 1. The van der Waals surface area contributed by atoms with E-state index in [0.29, 0.717) is 10.6 Å². The van der Waals surface area contributed by atoms with E-state index in [1.165, 1.54) is 25.2 Å². The SMILES string of the molecule is CNS(=O)(=O)c1cccc(Oc2ccc(Cl)cc2C(=O)c2ccccc2)c1. The summed E-state index contributed by atoms with van der Waals surface area (Å²) >= 11 is 6.06. The molecular formula is C20H16ClNO4S. The number of hydrogen-bond acceptors (Lipinski definition) is 4. The van der Waals surface area contributed by atoms with Gasteiger partial charge in [-0.1, -0.05) is 48.0 Å². The summed E-state index contributed by atoms with van der Waals surface area (Å²) in [6.45, 7) is 0. The average Bonchev–Trinajstić information content (AvgIpc) is 2.69. The Bertz CT molecular complexity index is 1080. The van der Waals surface area contributed by atoms with E-state index in [4.69, 9.17) is 16.3 Å². The summed E-state index contributed by atoms with van der Waals surface area (Å²) in [6.07, 6.45) is 0. The normalized spacial score (nSPS) is 11.2. The summed E-state index contributed by atoms with van der Waals surface area (Å²) in [5.74, 6) is 0.329. The Morgan fingerprint density at radius 2 is 1.70 bits per heavy atom. The molecule has 0 radical (unpaired) electrons. The third-order valence-corrected chi connectivity index (χ3v) is 5.48. The molecule has 5 nitrogen and oxygen atoms in total. The Morgan fingerprint density at radius 3 is 2.41 bits per heavy atom. The molecular weight excluding hydrogens is 386 g/mol. The van der Waals surface area contributed by atoms with Crippen molar-refractivity contribution in [3.63, 3.8) is 0 Å². The van der Waals surface area contributed by atoms with Gasteiger partial charge in [0.2, 0.25) is 10.0 Å². The van der Waals surface area contributed by atoms with Crippen LogP contribution in [0.4, 0.5) is 0 Å². The molecule has 0 saturated heterocycles. The monoisotopic (exact) mass is 401 g/mol. The molecule has 3 aromatic carbocycles. The van der Waals surface area contributed by atoms with Gasteiger partial charge in [0.1, 0.15) is 11.5 Å². The molecule has 0 saturated carbocycles.